The Labute approximate surface area is 138 Å². The van der Waals surface area contributed by atoms with Crippen molar-refractivity contribution in [3.8, 4) is 0 Å². The minimum Gasteiger partial charge on any atom is -0.348 e. The van der Waals surface area contributed by atoms with Crippen molar-refractivity contribution in [2.75, 3.05) is 30.5 Å². The Balaban J connectivity index is 2.80. The fraction of sp³-hybridized carbons (Fsp3) is 0.812. The molecule has 0 spiro atoms. The molecular weight excluding hydrogens is 298 g/mol. The van der Waals surface area contributed by atoms with Gasteiger partial charge in [0.25, 0.3) is 0 Å². The van der Waals surface area contributed by atoms with E-state index in [-0.39, 0.29) is 0 Å². The summed E-state index contributed by atoms with van der Waals surface area (Å²) in [6.45, 7) is 11.0. The van der Waals surface area contributed by atoms with Crippen LogP contribution in [0, 0.1) is 0 Å². The molecule has 0 fully saturated rings. The Morgan fingerprint density at radius 2 is 2.05 bits per heavy atom. The summed E-state index contributed by atoms with van der Waals surface area (Å²) < 4.78 is 0. The number of nitrogens with zero attached hydrogens (tertiary/aromatic N) is 2. The number of rotatable bonds is 10. The van der Waals surface area contributed by atoms with E-state index in [9.17, 15) is 0 Å². The molecule has 0 saturated carbocycles. The molecule has 0 aliphatic heterocycles. The van der Waals surface area contributed by atoms with Gasteiger partial charge in [0.05, 0.1) is 5.69 Å². The van der Waals surface area contributed by atoms with Gasteiger partial charge in [-0.05, 0) is 44.2 Å². The second-order valence-electron chi connectivity index (χ2n) is 5.88. The fourth-order valence-corrected chi connectivity index (χ4v) is 3.95. The van der Waals surface area contributed by atoms with Crippen molar-refractivity contribution in [3.63, 3.8) is 0 Å². The average molecular weight is 330 g/mol. The highest BCUT2D eigenvalue weighted by molar-refractivity contribution is 7.98. The van der Waals surface area contributed by atoms with E-state index in [2.05, 4.69) is 51.2 Å². The first-order chi connectivity index (χ1) is 10.0. The van der Waals surface area contributed by atoms with Crippen molar-refractivity contribution in [2.24, 2.45) is 0 Å². The molecular formula is C16H31N3S2. The summed E-state index contributed by atoms with van der Waals surface area (Å²) in [4.78, 5) is 8.66. The Morgan fingerprint density at radius 3 is 2.62 bits per heavy atom. The topological polar surface area (TPSA) is 28.2 Å². The largest absolute Gasteiger partial charge is 0.348 e. The number of hydrogen-bond acceptors (Lipinski definition) is 5. The molecule has 0 bridgehead atoms. The smallest absolute Gasteiger partial charge is 0.185 e. The third-order valence-electron chi connectivity index (χ3n) is 3.68. The van der Waals surface area contributed by atoms with Crippen molar-refractivity contribution >= 4 is 28.2 Å². The van der Waals surface area contributed by atoms with Gasteiger partial charge in [0.15, 0.2) is 5.13 Å². The summed E-state index contributed by atoms with van der Waals surface area (Å²) in [7, 11) is 2.18. The highest BCUT2D eigenvalue weighted by Crippen LogP contribution is 2.31. The first-order valence-corrected chi connectivity index (χ1v) is 10.1. The van der Waals surface area contributed by atoms with Crippen LogP contribution in [0.25, 0.3) is 0 Å². The number of thiazole rings is 1. The Kier molecular flexibility index (Phi) is 8.67. The minimum absolute atomic E-state index is 0.489. The third-order valence-corrected chi connectivity index (χ3v) is 5.48. The van der Waals surface area contributed by atoms with Crippen LogP contribution in [0.2, 0.25) is 0 Å². The van der Waals surface area contributed by atoms with Crippen LogP contribution >= 0.6 is 23.1 Å². The number of aromatic nitrogens is 1. The highest BCUT2D eigenvalue weighted by Gasteiger charge is 2.18. The van der Waals surface area contributed by atoms with Crippen LogP contribution in [0.15, 0.2) is 0 Å². The summed E-state index contributed by atoms with van der Waals surface area (Å²) in [5.41, 5.74) is 1.27. The Morgan fingerprint density at radius 1 is 1.33 bits per heavy atom. The molecule has 0 saturated heterocycles. The van der Waals surface area contributed by atoms with Gasteiger partial charge < -0.3 is 10.2 Å². The van der Waals surface area contributed by atoms with E-state index in [0.717, 1.165) is 13.1 Å². The van der Waals surface area contributed by atoms with E-state index in [0.29, 0.717) is 12.0 Å². The lowest BCUT2D eigenvalue weighted by Gasteiger charge is -2.24. The Bertz CT molecular complexity index is 404. The number of thioether (sulfide) groups is 1. The monoisotopic (exact) mass is 329 g/mol. The molecule has 1 atom stereocenters. The maximum absolute atomic E-state index is 4.92. The molecule has 1 unspecified atom stereocenters. The van der Waals surface area contributed by atoms with Gasteiger partial charge in [0.1, 0.15) is 0 Å². The summed E-state index contributed by atoms with van der Waals surface area (Å²) >= 11 is 3.77. The summed E-state index contributed by atoms with van der Waals surface area (Å²) in [6.07, 6.45) is 4.55. The van der Waals surface area contributed by atoms with Gasteiger partial charge in [-0.15, -0.1) is 11.3 Å². The second-order valence-corrected chi connectivity index (χ2v) is 7.93. The predicted octanol–water partition coefficient (Wildman–Crippen LogP) is 4.34. The van der Waals surface area contributed by atoms with Crippen LogP contribution < -0.4 is 10.2 Å². The third kappa shape index (κ3) is 5.80. The normalized spacial score (nSPS) is 12.9. The molecule has 1 N–H and O–H groups in total. The van der Waals surface area contributed by atoms with E-state index in [1.54, 1.807) is 0 Å². The molecule has 1 aromatic heterocycles. The highest BCUT2D eigenvalue weighted by atomic mass is 32.2. The van der Waals surface area contributed by atoms with Crippen LogP contribution in [0.4, 0.5) is 5.13 Å². The molecule has 21 heavy (non-hydrogen) atoms. The van der Waals surface area contributed by atoms with E-state index >= 15 is 0 Å². The zero-order valence-electron chi connectivity index (χ0n) is 14.4. The zero-order chi connectivity index (χ0) is 15.8. The lowest BCUT2D eigenvalue weighted by molar-refractivity contribution is 0.661. The van der Waals surface area contributed by atoms with Crippen LogP contribution in [0.3, 0.4) is 0 Å². The van der Waals surface area contributed by atoms with Crippen LogP contribution in [-0.4, -0.2) is 36.6 Å². The quantitative estimate of drug-likeness (QED) is 0.646. The summed E-state index contributed by atoms with van der Waals surface area (Å²) in [6, 6.07) is 0.542. The van der Waals surface area contributed by atoms with Gasteiger partial charge in [-0.3, -0.25) is 0 Å². The van der Waals surface area contributed by atoms with Crippen molar-refractivity contribution < 1.29 is 0 Å². The van der Waals surface area contributed by atoms with Crippen molar-refractivity contribution in [3.05, 3.63) is 10.6 Å². The van der Waals surface area contributed by atoms with Crippen LogP contribution in [0.5, 0.6) is 0 Å². The molecule has 0 amide bonds. The second kappa shape index (κ2) is 9.70. The number of anilines is 1. The van der Waals surface area contributed by atoms with Gasteiger partial charge in [-0.25, -0.2) is 4.98 Å². The first kappa shape index (κ1) is 18.8. The first-order valence-electron chi connectivity index (χ1n) is 7.93. The Hall–Kier alpha value is -0.260. The molecule has 5 heteroatoms. The van der Waals surface area contributed by atoms with Crippen molar-refractivity contribution in [1.82, 2.24) is 10.3 Å². The van der Waals surface area contributed by atoms with Gasteiger partial charge in [-0.1, -0.05) is 20.8 Å². The molecule has 122 valence electrons. The van der Waals surface area contributed by atoms with Gasteiger partial charge in [0, 0.05) is 24.5 Å². The van der Waals surface area contributed by atoms with Gasteiger partial charge in [-0.2, -0.15) is 11.8 Å². The van der Waals surface area contributed by atoms with Crippen molar-refractivity contribution in [2.45, 2.75) is 59.0 Å². The van der Waals surface area contributed by atoms with E-state index in [4.69, 9.17) is 4.98 Å². The average Bonchev–Trinajstić information content (AvgIpc) is 2.88. The number of hydrogen-bond donors (Lipinski definition) is 1. The van der Waals surface area contributed by atoms with Gasteiger partial charge in [0.2, 0.25) is 0 Å². The zero-order valence-corrected chi connectivity index (χ0v) is 16.0. The van der Waals surface area contributed by atoms with E-state index in [1.165, 1.54) is 34.3 Å². The fourth-order valence-electron chi connectivity index (χ4n) is 2.13. The summed E-state index contributed by atoms with van der Waals surface area (Å²) in [5.74, 6) is 1.70. The molecule has 1 rings (SSSR count). The lowest BCUT2D eigenvalue weighted by Crippen LogP contribution is -2.29. The maximum Gasteiger partial charge on any atom is 0.185 e. The van der Waals surface area contributed by atoms with Crippen molar-refractivity contribution in [1.29, 1.82) is 0 Å². The molecule has 3 nitrogen and oxygen atoms in total. The predicted molar refractivity (Wildman–Crippen MR) is 99.1 cm³/mol. The molecule has 1 aromatic rings. The van der Waals surface area contributed by atoms with E-state index in [1.807, 2.05) is 23.1 Å². The molecule has 0 radical (unpaired) electrons. The molecule has 1 heterocycles. The minimum atomic E-state index is 0.489. The van der Waals surface area contributed by atoms with Crippen LogP contribution in [-0.2, 0) is 6.54 Å². The molecule has 0 aliphatic rings. The maximum atomic E-state index is 4.92. The molecule has 0 aliphatic carbocycles. The summed E-state index contributed by atoms with van der Waals surface area (Å²) in [5, 5.41) is 4.68. The van der Waals surface area contributed by atoms with Crippen LogP contribution in [0.1, 0.15) is 57.0 Å². The number of nitrogens with one attached hydrogen (secondary N) is 1. The SMILES string of the molecule is CCCNCc1sc(N(C)C(C)CCSC)nc1C(C)C. The molecule has 0 aromatic carbocycles. The lowest BCUT2D eigenvalue weighted by atomic mass is 10.1. The van der Waals surface area contributed by atoms with Gasteiger partial charge >= 0.3 is 0 Å². The van der Waals surface area contributed by atoms with E-state index < -0.39 is 0 Å². The standard InChI is InChI=1S/C16H31N3S2/c1-7-9-17-11-14-15(12(2)3)18-16(21-14)19(5)13(4)8-10-20-6/h12-13,17H,7-11H2,1-6H3.